The van der Waals surface area contributed by atoms with E-state index in [0.717, 1.165) is 34.9 Å². The lowest BCUT2D eigenvalue weighted by Crippen LogP contribution is -3.00. The van der Waals surface area contributed by atoms with Crippen LogP contribution >= 0.6 is 45.9 Å². The minimum absolute atomic E-state index is 0. The molecule has 2 unspecified atom stereocenters. The number of carbonyl (C=O) groups excluding carboxylic acids is 3. The van der Waals surface area contributed by atoms with Gasteiger partial charge in [0, 0.05) is 45.5 Å². The van der Waals surface area contributed by atoms with Crippen molar-refractivity contribution in [2.45, 2.75) is 124 Å². The largest absolute Gasteiger partial charge is 1.00 e. The Bertz CT molecular complexity index is 3210. The highest BCUT2D eigenvalue weighted by Gasteiger charge is 2.25. The normalized spacial score (nSPS) is 12.5. The van der Waals surface area contributed by atoms with Crippen molar-refractivity contribution in [2.24, 2.45) is 0 Å². The Labute approximate surface area is 552 Å². The predicted molar refractivity (Wildman–Crippen MR) is 355 cm³/mol. The summed E-state index contributed by atoms with van der Waals surface area (Å²) in [7, 11) is 0. The number of esters is 3. The number of rotatable bonds is 36. The zero-order chi connectivity index (χ0) is 63.4. The standard InChI is InChI=1S/C25H25ClO8S.C16H36N.C15H9ClO4S.C10H16O4.CH4.BrH/c1-2-21(28)32-12-6-5-11-31-13-16(27)14-34-22(29)15-33-19-10-9-18(26)23-24(30)17-7-3-4-8-20(17)35-25(19)23;1-5-9-13-17(14-10-6-2,15-11-7-3)16-12-8-4;16-9-5-6-10(20-7-12(17)18)15-13(9)14(19)8-3-1-2-4-11(8)21-15;1-2-10(11)13-6-4-3-5-12-7-9-8-14-9;;/h2-4,7-10,16,27H,1,5-6,11-15H2;5-16H2,1-4H3;1-6H,7H2,(H,17,18);2,9H,1,3-8H2;1H4;1H/q;+1;;;;/p-1. The number of hydrogen-bond donors (Lipinski definition) is 2. The minimum atomic E-state index is -1.08. The summed E-state index contributed by atoms with van der Waals surface area (Å²) in [6.45, 7) is 23.8. The van der Waals surface area contributed by atoms with Crippen LogP contribution in [0.1, 0.15) is 112 Å². The number of unbranched alkanes of at least 4 members (excludes halogenated alkanes) is 6. The number of carboxylic acid groups (broad SMARTS) is 1. The van der Waals surface area contributed by atoms with E-state index in [4.69, 9.17) is 66.2 Å². The molecule has 7 rings (SSSR count). The predicted octanol–water partition coefficient (Wildman–Crippen LogP) is 11.0. The number of ether oxygens (including phenoxy) is 8. The summed E-state index contributed by atoms with van der Waals surface area (Å²) in [5.41, 5.74) is -0.376. The van der Waals surface area contributed by atoms with Crippen LogP contribution in [0.3, 0.4) is 0 Å². The van der Waals surface area contributed by atoms with Crippen molar-refractivity contribution in [3.8, 4) is 11.5 Å². The van der Waals surface area contributed by atoms with E-state index in [9.17, 15) is 33.9 Å². The van der Waals surface area contributed by atoms with E-state index in [2.05, 4.69) is 40.9 Å². The lowest BCUT2D eigenvalue weighted by Gasteiger charge is -2.39. The Morgan fingerprint density at radius 3 is 1.45 bits per heavy atom. The van der Waals surface area contributed by atoms with Crippen LogP contribution in [0.15, 0.2) is 108 Å². The first-order valence-corrected chi connectivity index (χ1v) is 32.2. The molecule has 1 aliphatic rings. The number of halogens is 3. The van der Waals surface area contributed by atoms with Crippen LogP contribution < -0.4 is 37.3 Å². The van der Waals surface area contributed by atoms with E-state index >= 15 is 0 Å². The molecule has 0 aliphatic carbocycles. The average molecular weight is 1380 g/mol. The monoisotopic (exact) mass is 1380 g/mol. The molecule has 492 valence electrons. The number of benzene rings is 4. The highest BCUT2D eigenvalue weighted by Crippen LogP contribution is 2.37. The van der Waals surface area contributed by atoms with Gasteiger partial charge in [0.05, 0.1) is 89.4 Å². The van der Waals surface area contributed by atoms with E-state index in [1.165, 1.54) is 111 Å². The van der Waals surface area contributed by atoms with E-state index in [1.54, 1.807) is 48.5 Å². The maximum absolute atomic E-state index is 12.9. The molecule has 4 aromatic carbocycles. The number of fused-ring (bicyclic) bond motifs is 4. The molecule has 22 heteroatoms. The van der Waals surface area contributed by atoms with Gasteiger partial charge in [-0.05, 0) is 99.9 Å². The third kappa shape index (κ3) is 28.7. The van der Waals surface area contributed by atoms with Gasteiger partial charge in [-0.1, -0.05) is 121 Å². The van der Waals surface area contributed by atoms with Gasteiger partial charge in [-0.15, -0.1) is 22.7 Å². The summed E-state index contributed by atoms with van der Waals surface area (Å²) in [5.74, 6) is -1.89. The van der Waals surface area contributed by atoms with Crippen LogP contribution in [0.2, 0.25) is 10.0 Å². The Kier molecular flexibility index (Phi) is 40.1. The number of nitrogens with zero attached hydrogens (tertiary/aromatic N) is 1. The molecule has 17 nitrogen and oxygen atoms in total. The molecule has 3 heterocycles. The highest BCUT2D eigenvalue weighted by molar-refractivity contribution is 7.25. The van der Waals surface area contributed by atoms with Gasteiger partial charge in [-0.25, -0.2) is 19.2 Å². The molecule has 1 saturated heterocycles. The molecule has 89 heavy (non-hydrogen) atoms. The van der Waals surface area contributed by atoms with Crippen molar-refractivity contribution in [2.75, 3.05) is 92.2 Å². The number of quaternary nitrogens is 1. The Hall–Kier alpha value is -5.52. The van der Waals surface area contributed by atoms with Crippen molar-refractivity contribution in [1.29, 1.82) is 0 Å². The summed E-state index contributed by atoms with van der Waals surface area (Å²) in [5, 5.41) is 21.1. The van der Waals surface area contributed by atoms with Gasteiger partial charge >= 0.3 is 23.9 Å². The third-order valence-electron chi connectivity index (χ3n) is 13.6. The van der Waals surface area contributed by atoms with Gasteiger partial charge < -0.3 is 69.6 Å². The Morgan fingerprint density at radius 2 is 1.03 bits per heavy atom. The summed E-state index contributed by atoms with van der Waals surface area (Å²) in [6.07, 6.45) is 15.6. The molecule has 0 bridgehead atoms. The first-order valence-electron chi connectivity index (χ1n) is 29.8. The second-order valence-electron chi connectivity index (χ2n) is 20.6. The molecule has 1 aliphatic heterocycles. The van der Waals surface area contributed by atoms with Crippen molar-refractivity contribution >= 4 is 110 Å². The van der Waals surface area contributed by atoms with Gasteiger partial charge in [-0.2, -0.15) is 0 Å². The fourth-order valence-electron chi connectivity index (χ4n) is 8.78. The van der Waals surface area contributed by atoms with Gasteiger partial charge in [-0.3, -0.25) is 9.59 Å². The van der Waals surface area contributed by atoms with Gasteiger partial charge in [0.15, 0.2) is 24.1 Å². The average Bonchev–Trinajstić information content (AvgIpc) is 2.53. The van der Waals surface area contributed by atoms with E-state index in [0.29, 0.717) is 97.9 Å². The van der Waals surface area contributed by atoms with Crippen molar-refractivity contribution in [1.82, 2.24) is 0 Å². The van der Waals surface area contributed by atoms with Crippen LogP contribution in [0.5, 0.6) is 11.5 Å². The number of epoxide rings is 1. The molecule has 0 radical (unpaired) electrons. The van der Waals surface area contributed by atoms with Gasteiger partial charge in [0.1, 0.15) is 30.3 Å². The molecular formula is C67H90BrCl2NO16S2. The number of aliphatic hydroxyl groups excluding tert-OH is 1. The number of hydrogen-bond acceptors (Lipinski definition) is 17. The number of aliphatic hydroxyl groups is 1. The lowest BCUT2D eigenvalue weighted by atomic mass is 10.1. The number of aliphatic carboxylic acids is 1. The molecule has 2 aromatic heterocycles. The topological polar surface area (TPSA) is 220 Å². The van der Waals surface area contributed by atoms with E-state index < -0.39 is 37.2 Å². The fraction of sp³-hybridized carbons (Fsp3) is 0.493. The molecule has 2 N–H and O–H groups in total. The maximum atomic E-state index is 12.9. The maximum Gasteiger partial charge on any atom is 0.344 e. The van der Waals surface area contributed by atoms with Crippen LogP contribution in [-0.2, 0) is 47.6 Å². The smallest absolute Gasteiger partial charge is 0.344 e. The quantitative estimate of drug-likeness (QED) is 0.00710. The Morgan fingerprint density at radius 1 is 0.618 bits per heavy atom. The minimum Gasteiger partial charge on any atom is -1.00 e. The van der Waals surface area contributed by atoms with Crippen LogP contribution in [0.25, 0.3) is 40.3 Å². The van der Waals surface area contributed by atoms with Crippen molar-refractivity contribution in [3.05, 3.63) is 129 Å². The van der Waals surface area contributed by atoms with Crippen molar-refractivity contribution < 1.29 is 88.8 Å². The summed E-state index contributed by atoms with van der Waals surface area (Å²) >= 11 is 15.1. The molecule has 6 aromatic rings. The first-order chi connectivity index (χ1) is 42.0. The van der Waals surface area contributed by atoms with Crippen molar-refractivity contribution in [3.63, 3.8) is 0 Å². The molecule has 0 amide bonds. The van der Waals surface area contributed by atoms with Gasteiger partial charge in [0.2, 0.25) is 0 Å². The molecular weight excluding hydrogens is 1290 g/mol. The van der Waals surface area contributed by atoms with E-state index in [1.807, 2.05) is 24.3 Å². The zero-order valence-electron chi connectivity index (χ0n) is 51.0. The first kappa shape index (κ1) is 79.6. The number of carbonyl (C=O) groups is 4. The molecule has 0 saturated carbocycles. The SMILES string of the molecule is C.C=CC(=O)OCCCCOCC(O)COC(=O)COc1ccc(Cl)c2c(=O)c3ccccc3sc12.C=CC(=O)OCCCCOCC1CO1.CCCC[N+](CCCC)(CCCC)CCCC.O=C(O)COc1ccc(Cl)c2c(=O)c3ccccc3sc12.[Br-]. The van der Waals surface area contributed by atoms with Gasteiger partial charge in [0.25, 0.3) is 0 Å². The lowest BCUT2D eigenvalue weighted by molar-refractivity contribution is -0.929. The second kappa shape index (κ2) is 44.9. The third-order valence-corrected chi connectivity index (χ3v) is 16.6. The van der Waals surface area contributed by atoms with Crippen LogP contribution in [0.4, 0.5) is 0 Å². The van der Waals surface area contributed by atoms with Crippen LogP contribution in [0, 0.1) is 0 Å². The zero-order valence-corrected chi connectivity index (χ0v) is 55.8. The van der Waals surface area contributed by atoms with Crippen LogP contribution in [-0.4, -0.2) is 143 Å². The molecule has 0 spiro atoms. The summed E-state index contributed by atoms with van der Waals surface area (Å²) < 4.78 is 45.3. The number of carboxylic acids is 1. The second-order valence-corrected chi connectivity index (χ2v) is 23.5. The molecule has 2 atom stereocenters. The fourth-order valence-corrected chi connectivity index (χ4v) is 11.7. The van der Waals surface area contributed by atoms with E-state index in [-0.39, 0.29) is 61.1 Å². The summed E-state index contributed by atoms with van der Waals surface area (Å²) in [6, 6.07) is 20.7. The summed E-state index contributed by atoms with van der Waals surface area (Å²) in [4.78, 5) is 69.7. The molecule has 1 fully saturated rings. The highest BCUT2D eigenvalue weighted by atomic mass is 79.9. The Balaban J connectivity index is 0.000000430.